The van der Waals surface area contributed by atoms with Crippen molar-refractivity contribution < 1.29 is 8.42 Å². The molecule has 5 nitrogen and oxygen atoms in total. The lowest BCUT2D eigenvalue weighted by molar-refractivity contribution is 0.218. The normalized spacial score (nSPS) is 16.2. The Morgan fingerprint density at radius 2 is 1.54 bits per heavy atom. The van der Waals surface area contributed by atoms with Gasteiger partial charge in [0.05, 0.1) is 17.0 Å². The summed E-state index contributed by atoms with van der Waals surface area (Å²) in [5.41, 5.74) is 0.874. The zero-order valence-electron chi connectivity index (χ0n) is 14.7. The van der Waals surface area contributed by atoms with Crippen molar-refractivity contribution >= 4 is 20.7 Å². The van der Waals surface area contributed by atoms with Crippen LogP contribution in [0, 0.1) is 0 Å². The highest BCUT2D eigenvalue weighted by molar-refractivity contribution is 7.91. The van der Waals surface area contributed by atoms with Crippen LogP contribution in [0.2, 0.25) is 0 Å². The molecular formula is C20H23N3O2S. The van der Waals surface area contributed by atoms with Gasteiger partial charge in [-0.3, -0.25) is 4.68 Å². The smallest absolute Gasteiger partial charge is 0.226 e. The van der Waals surface area contributed by atoms with E-state index in [0.717, 1.165) is 25.2 Å². The molecule has 0 radical (unpaired) electrons. The van der Waals surface area contributed by atoms with E-state index in [-0.39, 0.29) is 9.92 Å². The second-order valence-electron chi connectivity index (χ2n) is 6.76. The van der Waals surface area contributed by atoms with Gasteiger partial charge in [-0.1, -0.05) is 36.8 Å². The maximum atomic E-state index is 13.1. The average Bonchev–Trinajstić information content (AvgIpc) is 3.07. The molecule has 26 heavy (non-hydrogen) atoms. The predicted molar refractivity (Wildman–Crippen MR) is 102 cm³/mol. The number of para-hydroxylation sites is 1. The summed E-state index contributed by atoms with van der Waals surface area (Å²) < 4.78 is 28.0. The Labute approximate surface area is 154 Å². The molecule has 6 heteroatoms. The Kier molecular flexibility index (Phi) is 4.78. The Morgan fingerprint density at radius 1 is 0.846 bits per heavy atom. The van der Waals surface area contributed by atoms with Gasteiger partial charge in [0.2, 0.25) is 9.84 Å². The van der Waals surface area contributed by atoms with Crippen molar-refractivity contribution in [1.82, 2.24) is 14.7 Å². The van der Waals surface area contributed by atoms with E-state index in [2.05, 4.69) is 10.00 Å². The van der Waals surface area contributed by atoms with Crippen LogP contribution < -0.4 is 0 Å². The van der Waals surface area contributed by atoms with Crippen molar-refractivity contribution in [3.05, 3.63) is 54.6 Å². The van der Waals surface area contributed by atoms with Gasteiger partial charge in [0.1, 0.15) is 0 Å². The molecule has 3 aromatic rings. The number of likely N-dealkylation sites (tertiary alicyclic amines) is 1. The maximum absolute atomic E-state index is 13.1. The molecule has 1 aliphatic heterocycles. The fourth-order valence-electron chi connectivity index (χ4n) is 3.60. The van der Waals surface area contributed by atoms with Crippen molar-refractivity contribution in [1.29, 1.82) is 0 Å². The van der Waals surface area contributed by atoms with Crippen LogP contribution in [0.25, 0.3) is 10.9 Å². The Hall–Kier alpha value is -2.18. The molecule has 1 aliphatic rings. The summed E-state index contributed by atoms with van der Waals surface area (Å²) in [5.74, 6) is 0. The van der Waals surface area contributed by atoms with Crippen LogP contribution in [0.1, 0.15) is 19.3 Å². The van der Waals surface area contributed by atoms with Crippen LogP contribution in [0.15, 0.2) is 64.5 Å². The molecule has 0 N–H and O–H groups in total. The van der Waals surface area contributed by atoms with E-state index < -0.39 is 9.84 Å². The van der Waals surface area contributed by atoms with E-state index in [4.69, 9.17) is 0 Å². The van der Waals surface area contributed by atoms with Crippen molar-refractivity contribution in [2.75, 3.05) is 19.6 Å². The van der Waals surface area contributed by atoms with Crippen LogP contribution in [0.4, 0.5) is 0 Å². The van der Waals surface area contributed by atoms with Crippen LogP contribution in [0.5, 0.6) is 0 Å². The summed E-state index contributed by atoms with van der Waals surface area (Å²) in [5, 5.41) is 5.36. The average molecular weight is 369 g/mol. The molecule has 1 fully saturated rings. The monoisotopic (exact) mass is 369 g/mol. The molecule has 0 aliphatic carbocycles. The van der Waals surface area contributed by atoms with Crippen LogP contribution in [-0.2, 0) is 16.4 Å². The van der Waals surface area contributed by atoms with Gasteiger partial charge in [-0.2, -0.15) is 5.10 Å². The molecule has 136 valence electrons. The topological polar surface area (TPSA) is 55.2 Å². The third-order valence-electron chi connectivity index (χ3n) is 5.01. The maximum Gasteiger partial charge on any atom is 0.226 e. The summed E-state index contributed by atoms with van der Waals surface area (Å²) >= 11 is 0. The standard InChI is InChI=1S/C20H23N3O2S/c24-26(25,17-9-3-1-4-10-17)20-18-11-5-6-12-19(18)23(21-20)16-15-22-13-7-2-8-14-22/h1,3-6,9-12H,2,7-8,13-16H2. The van der Waals surface area contributed by atoms with Gasteiger partial charge in [-0.15, -0.1) is 0 Å². The summed E-state index contributed by atoms with van der Waals surface area (Å²) in [7, 11) is -3.63. The van der Waals surface area contributed by atoms with Gasteiger partial charge in [0, 0.05) is 11.9 Å². The minimum atomic E-state index is -3.63. The fourth-order valence-corrected chi connectivity index (χ4v) is 5.00. The summed E-state index contributed by atoms with van der Waals surface area (Å²) in [6, 6.07) is 16.1. The number of fused-ring (bicyclic) bond motifs is 1. The van der Waals surface area contributed by atoms with Gasteiger partial charge >= 0.3 is 0 Å². The number of rotatable bonds is 5. The fraction of sp³-hybridized carbons (Fsp3) is 0.350. The van der Waals surface area contributed by atoms with E-state index in [0.29, 0.717) is 11.9 Å². The Morgan fingerprint density at radius 3 is 2.31 bits per heavy atom. The van der Waals surface area contributed by atoms with E-state index in [1.165, 1.54) is 19.3 Å². The summed E-state index contributed by atoms with van der Waals surface area (Å²) in [6.45, 7) is 3.84. The van der Waals surface area contributed by atoms with Crippen LogP contribution in [-0.4, -0.2) is 42.7 Å². The van der Waals surface area contributed by atoms with Gasteiger partial charge in [0.15, 0.2) is 5.03 Å². The second kappa shape index (κ2) is 7.21. The lowest BCUT2D eigenvalue weighted by Gasteiger charge is -2.26. The summed E-state index contributed by atoms with van der Waals surface area (Å²) in [4.78, 5) is 2.72. The Balaban J connectivity index is 1.70. The largest absolute Gasteiger partial charge is 0.301 e. The van der Waals surface area contributed by atoms with Gasteiger partial charge < -0.3 is 4.90 Å². The SMILES string of the molecule is O=S(=O)(c1ccccc1)c1nn(CCN2CCCCC2)c2ccccc12. The molecule has 0 amide bonds. The van der Waals surface area contributed by atoms with E-state index >= 15 is 0 Å². The minimum Gasteiger partial charge on any atom is -0.301 e. The van der Waals surface area contributed by atoms with Crippen LogP contribution in [0.3, 0.4) is 0 Å². The van der Waals surface area contributed by atoms with Gasteiger partial charge in [0.25, 0.3) is 0 Å². The van der Waals surface area contributed by atoms with Crippen molar-refractivity contribution in [3.8, 4) is 0 Å². The van der Waals surface area contributed by atoms with Gasteiger partial charge in [-0.25, -0.2) is 8.42 Å². The highest BCUT2D eigenvalue weighted by Crippen LogP contribution is 2.27. The highest BCUT2D eigenvalue weighted by atomic mass is 32.2. The molecule has 2 heterocycles. The first-order valence-corrected chi connectivity index (χ1v) is 10.6. The second-order valence-corrected chi connectivity index (χ2v) is 8.63. The number of benzene rings is 2. The third-order valence-corrected chi connectivity index (χ3v) is 6.71. The van der Waals surface area contributed by atoms with Crippen molar-refractivity contribution in [3.63, 3.8) is 0 Å². The van der Waals surface area contributed by atoms with Crippen molar-refractivity contribution in [2.45, 2.75) is 35.7 Å². The molecule has 0 atom stereocenters. The first-order valence-electron chi connectivity index (χ1n) is 9.14. The zero-order chi connectivity index (χ0) is 18.0. The molecule has 1 saturated heterocycles. The third kappa shape index (κ3) is 3.27. The predicted octanol–water partition coefficient (Wildman–Crippen LogP) is 3.36. The van der Waals surface area contributed by atoms with Crippen LogP contribution >= 0.6 is 0 Å². The molecule has 0 unspecified atom stereocenters. The zero-order valence-corrected chi connectivity index (χ0v) is 15.5. The van der Waals surface area contributed by atoms with E-state index in [9.17, 15) is 8.42 Å². The van der Waals surface area contributed by atoms with E-state index in [1.54, 1.807) is 24.3 Å². The first-order chi connectivity index (χ1) is 12.7. The number of aromatic nitrogens is 2. The van der Waals surface area contributed by atoms with Crippen molar-refractivity contribution in [2.24, 2.45) is 0 Å². The molecule has 1 aromatic heterocycles. The molecule has 0 saturated carbocycles. The number of sulfone groups is 1. The highest BCUT2D eigenvalue weighted by Gasteiger charge is 2.25. The molecule has 0 bridgehead atoms. The number of hydrogen-bond donors (Lipinski definition) is 0. The molecular weight excluding hydrogens is 346 g/mol. The lowest BCUT2D eigenvalue weighted by atomic mass is 10.1. The summed E-state index contributed by atoms with van der Waals surface area (Å²) in [6.07, 6.45) is 3.79. The van der Waals surface area contributed by atoms with Gasteiger partial charge in [-0.05, 0) is 50.2 Å². The Bertz CT molecular complexity index is 990. The quantitative estimate of drug-likeness (QED) is 0.692. The molecule has 0 spiro atoms. The number of piperidine rings is 1. The molecule has 4 rings (SSSR count). The number of nitrogens with zero attached hydrogens (tertiary/aromatic N) is 3. The van der Waals surface area contributed by atoms with E-state index in [1.807, 2.05) is 35.0 Å². The lowest BCUT2D eigenvalue weighted by Crippen LogP contribution is -2.32. The first kappa shape index (κ1) is 17.2. The minimum absolute atomic E-state index is 0.151. The number of hydrogen-bond acceptors (Lipinski definition) is 4. The molecule has 2 aromatic carbocycles.